The summed E-state index contributed by atoms with van der Waals surface area (Å²) in [6, 6.07) is 1.73. The number of rotatable bonds is 4. The van der Waals surface area contributed by atoms with Gasteiger partial charge < -0.3 is 10.2 Å². The van der Waals surface area contributed by atoms with E-state index in [2.05, 4.69) is 17.1 Å². The Morgan fingerprint density at radius 2 is 1.68 bits per heavy atom. The second kappa shape index (κ2) is 6.58. The van der Waals surface area contributed by atoms with Crippen LogP contribution < -0.4 is 5.32 Å². The van der Waals surface area contributed by atoms with Gasteiger partial charge in [-0.1, -0.05) is 19.8 Å². The molecule has 3 fully saturated rings. The molecule has 0 amide bonds. The highest BCUT2D eigenvalue weighted by Crippen LogP contribution is 2.29. The molecular formula is C17H32N2. The van der Waals surface area contributed by atoms with Crippen LogP contribution >= 0.6 is 0 Å². The standard InChI is InChI=1S/C17H32N2/c1-14-3-2-4-17(8-5-14)19-11-9-16(10-12-19)18-13-15-6-7-15/h14-18H,2-13H2,1H3. The van der Waals surface area contributed by atoms with Crippen LogP contribution in [0.4, 0.5) is 0 Å². The number of piperidine rings is 1. The van der Waals surface area contributed by atoms with Crippen molar-refractivity contribution in [1.29, 1.82) is 0 Å². The van der Waals surface area contributed by atoms with Crippen molar-refractivity contribution in [2.24, 2.45) is 11.8 Å². The molecule has 0 aromatic rings. The zero-order valence-corrected chi connectivity index (χ0v) is 12.7. The Morgan fingerprint density at radius 1 is 0.895 bits per heavy atom. The minimum Gasteiger partial charge on any atom is -0.314 e. The molecule has 1 aliphatic heterocycles. The van der Waals surface area contributed by atoms with Crippen LogP contribution in [-0.2, 0) is 0 Å². The molecule has 2 atom stereocenters. The predicted molar refractivity (Wildman–Crippen MR) is 81.4 cm³/mol. The Hall–Kier alpha value is -0.0800. The highest BCUT2D eigenvalue weighted by molar-refractivity contribution is 4.85. The van der Waals surface area contributed by atoms with Crippen molar-refractivity contribution in [2.75, 3.05) is 19.6 Å². The molecule has 1 heterocycles. The zero-order chi connectivity index (χ0) is 13.1. The summed E-state index contributed by atoms with van der Waals surface area (Å²) in [5.74, 6) is 2.00. The van der Waals surface area contributed by atoms with Gasteiger partial charge in [-0.15, -0.1) is 0 Å². The maximum atomic E-state index is 3.80. The highest BCUT2D eigenvalue weighted by Gasteiger charge is 2.28. The monoisotopic (exact) mass is 264 g/mol. The second-order valence-corrected chi connectivity index (χ2v) is 7.43. The van der Waals surface area contributed by atoms with Crippen molar-refractivity contribution in [1.82, 2.24) is 10.2 Å². The number of likely N-dealkylation sites (tertiary alicyclic amines) is 1. The minimum atomic E-state index is 0.821. The molecule has 110 valence electrons. The van der Waals surface area contributed by atoms with E-state index in [1.165, 1.54) is 77.4 Å². The fourth-order valence-electron chi connectivity index (χ4n) is 3.96. The Balaban J connectivity index is 1.38. The van der Waals surface area contributed by atoms with Crippen molar-refractivity contribution < 1.29 is 0 Å². The van der Waals surface area contributed by atoms with Crippen molar-refractivity contribution in [3.63, 3.8) is 0 Å². The number of hydrogen-bond donors (Lipinski definition) is 1. The summed E-state index contributed by atoms with van der Waals surface area (Å²) in [6.07, 6.45) is 13.0. The molecule has 1 saturated heterocycles. The molecular weight excluding hydrogens is 232 g/mol. The molecule has 3 rings (SSSR count). The van der Waals surface area contributed by atoms with Crippen LogP contribution in [0.15, 0.2) is 0 Å². The third-order valence-electron chi connectivity index (χ3n) is 5.67. The van der Waals surface area contributed by atoms with Crippen LogP contribution in [-0.4, -0.2) is 36.6 Å². The Morgan fingerprint density at radius 3 is 2.42 bits per heavy atom. The molecule has 1 N–H and O–H groups in total. The third-order valence-corrected chi connectivity index (χ3v) is 5.67. The van der Waals surface area contributed by atoms with Crippen LogP contribution in [0.1, 0.15) is 64.7 Å². The fraction of sp³-hybridized carbons (Fsp3) is 1.00. The van der Waals surface area contributed by atoms with Gasteiger partial charge in [-0.25, -0.2) is 0 Å². The lowest BCUT2D eigenvalue weighted by atomic mass is 9.99. The van der Waals surface area contributed by atoms with Crippen LogP contribution in [0.5, 0.6) is 0 Å². The van der Waals surface area contributed by atoms with Gasteiger partial charge >= 0.3 is 0 Å². The maximum Gasteiger partial charge on any atom is 0.00953 e. The van der Waals surface area contributed by atoms with Crippen LogP contribution in [0.3, 0.4) is 0 Å². The van der Waals surface area contributed by atoms with Crippen molar-refractivity contribution in [2.45, 2.75) is 76.8 Å². The smallest absolute Gasteiger partial charge is 0.00953 e. The molecule has 0 spiro atoms. The number of hydrogen-bond acceptors (Lipinski definition) is 2. The molecule has 19 heavy (non-hydrogen) atoms. The molecule has 2 nitrogen and oxygen atoms in total. The van der Waals surface area contributed by atoms with Gasteiger partial charge in [-0.2, -0.15) is 0 Å². The molecule has 0 aromatic carbocycles. The lowest BCUT2D eigenvalue weighted by molar-refractivity contribution is 0.130. The SMILES string of the molecule is CC1CCCC(N2CCC(NCC3CC3)CC2)CC1. The lowest BCUT2D eigenvalue weighted by Crippen LogP contribution is -2.46. The minimum absolute atomic E-state index is 0.821. The lowest BCUT2D eigenvalue weighted by Gasteiger charge is -2.37. The summed E-state index contributed by atoms with van der Waals surface area (Å²) in [5.41, 5.74) is 0. The van der Waals surface area contributed by atoms with E-state index < -0.39 is 0 Å². The summed E-state index contributed by atoms with van der Waals surface area (Å²) in [7, 11) is 0. The first kappa shape index (κ1) is 13.9. The van der Waals surface area contributed by atoms with E-state index in [4.69, 9.17) is 0 Å². The van der Waals surface area contributed by atoms with E-state index in [-0.39, 0.29) is 0 Å². The maximum absolute atomic E-state index is 3.80. The van der Waals surface area contributed by atoms with Crippen LogP contribution in [0.25, 0.3) is 0 Å². The Kier molecular flexibility index (Phi) is 4.81. The molecule has 2 aliphatic carbocycles. The molecule has 0 aromatic heterocycles. The summed E-state index contributed by atoms with van der Waals surface area (Å²) >= 11 is 0. The van der Waals surface area contributed by atoms with Crippen molar-refractivity contribution in [3.05, 3.63) is 0 Å². The van der Waals surface area contributed by atoms with Gasteiger partial charge in [0, 0.05) is 12.1 Å². The van der Waals surface area contributed by atoms with Gasteiger partial charge in [-0.05, 0) is 76.4 Å². The number of nitrogens with one attached hydrogen (secondary N) is 1. The molecule has 2 heteroatoms. The first-order valence-electron chi connectivity index (χ1n) is 8.78. The van der Waals surface area contributed by atoms with E-state index >= 15 is 0 Å². The quantitative estimate of drug-likeness (QED) is 0.783. The first-order valence-corrected chi connectivity index (χ1v) is 8.78. The van der Waals surface area contributed by atoms with E-state index in [0.29, 0.717) is 0 Å². The largest absolute Gasteiger partial charge is 0.314 e. The highest BCUT2D eigenvalue weighted by atomic mass is 15.2. The summed E-state index contributed by atoms with van der Waals surface area (Å²) < 4.78 is 0. The molecule has 2 saturated carbocycles. The van der Waals surface area contributed by atoms with Crippen molar-refractivity contribution in [3.8, 4) is 0 Å². The van der Waals surface area contributed by atoms with Gasteiger partial charge in [-0.3, -0.25) is 0 Å². The molecule has 0 bridgehead atoms. The van der Waals surface area contributed by atoms with Crippen LogP contribution in [0, 0.1) is 11.8 Å². The zero-order valence-electron chi connectivity index (χ0n) is 12.7. The van der Waals surface area contributed by atoms with Gasteiger partial charge in [0.2, 0.25) is 0 Å². The van der Waals surface area contributed by atoms with Gasteiger partial charge in [0.05, 0.1) is 0 Å². The first-order chi connectivity index (χ1) is 9.31. The average Bonchev–Trinajstić information content (AvgIpc) is 3.25. The van der Waals surface area contributed by atoms with Crippen molar-refractivity contribution >= 4 is 0 Å². The van der Waals surface area contributed by atoms with Gasteiger partial charge in [0.15, 0.2) is 0 Å². The van der Waals surface area contributed by atoms with E-state index in [1.54, 1.807) is 0 Å². The second-order valence-electron chi connectivity index (χ2n) is 7.43. The van der Waals surface area contributed by atoms with E-state index in [0.717, 1.165) is 23.9 Å². The summed E-state index contributed by atoms with van der Waals surface area (Å²) in [6.45, 7) is 6.44. The van der Waals surface area contributed by atoms with E-state index in [9.17, 15) is 0 Å². The van der Waals surface area contributed by atoms with Crippen LogP contribution in [0.2, 0.25) is 0 Å². The Bertz CT molecular complexity index is 266. The molecule has 0 radical (unpaired) electrons. The van der Waals surface area contributed by atoms with E-state index in [1.807, 2.05) is 0 Å². The summed E-state index contributed by atoms with van der Waals surface area (Å²) in [4.78, 5) is 2.81. The predicted octanol–water partition coefficient (Wildman–Crippen LogP) is 3.42. The number of nitrogens with zero attached hydrogens (tertiary/aromatic N) is 1. The average molecular weight is 264 g/mol. The normalized spacial score (nSPS) is 35.2. The van der Waals surface area contributed by atoms with Gasteiger partial charge in [0.1, 0.15) is 0 Å². The third kappa shape index (κ3) is 4.19. The van der Waals surface area contributed by atoms with Gasteiger partial charge in [0.25, 0.3) is 0 Å². The summed E-state index contributed by atoms with van der Waals surface area (Å²) in [5, 5.41) is 3.80. The topological polar surface area (TPSA) is 15.3 Å². The fourth-order valence-corrected chi connectivity index (χ4v) is 3.96. The Labute approximate surface area is 119 Å². The molecule has 3 aliphatic rings. The molecule has 2 unspecified atom stereocenters.